The van der Waals surface area contributed by atoms with Crippen LogP contribution in [0, 0.1) is 0 Å². The number of hydrogen-bond acceptors (Lipinski definition) is 0. The van der Waals surface area contributed by atoms with Crippen LogP contribution in [0.5, 0.6) is 0 Å². The Bertz CT molecular complexity index is 2640. The lowest BCUT2D eigenvalue weighted by molar-refractivity contribution is 0.645. The molecule has 1 aliphatic carbocycles. The van der Waals surface area contributed by atoms with Crippen LogP contribution >= 0.6 is 0 Å². The van der Waals surface area contributed by atoms with Gasteiger partial charge in [0, 0.05) is 5.41 Å². The van der Waals surface area contributed by atoms with E-state index in [1.165, 1.54) is 98.4 Å². The van der Waals surface area contributed by atoms with Gasteiger partial charge in [-0.15, -0.1) is 0 Å². The first-order chi connectivity index (χ1) is 22.1. The minimum Gasteiger partial charge on any atom is -0.0613 e. The van der Waals surface area contributed by atoms with Gasteiger partial charge in [-0.25, -0.2) is 0 Å². The average molecular weight is 571 g/mol. The second kappa shape index (κ2) is 8.80. The molecule has 0 radical (unpaired) electrons. The fraction of sp³-hybridized carbons (Fsp3) is 0.0667. The fourth-order valence-corrected chi connectivity index (χ4v) is 8.49. The smallest absolute Gasteiger partial charge is 0.0159 e. The molecule has 0 aromatic heterocycles. The summed E-state index contributed by atoms with van der Waals surface area (Å²) in [6, 6.07) is 54.8. The van der Waals surface area contributed by atoms with Crippen molar-refractivity contribution in [1.82, 2.24) is 0 Å². The Hall–Kier alpha value is -5.46. The summed E-state index contributed by atoms with van der Waals surface area (Å²) in [5.41, 5.74) is 10.5. The molecule has 0 amide bonds. The predicted molar refractivity (Wildman–Crippen MR) is 194 cm³/mol. The molecule has 0 N–H and O–H groups in total. The Kier molecular flexibility index (Phi) is 4.88. The van der Waals surface area contributed by atoms with Crippen LogP contribution in [0.3, 0.4) is 0 Å². The lowest BCUT2D eigenvalue weighted by Crippen LogP contribution is -2.23. The summed E-state index contributed by atoms with van der Waals surface area (Å²) in [7, 11) is 0. The fourth-order valence-electron chi connectivity index (χ4n) is 8.49. The lowest BCUT2D eigenvalue weighted by atomic mass is 9.68. The SMILES string of the molecule is CC1(C)c2ccc(-c3cccc4cccc(-c5ccc6ccc7cccc8ccc5c6c78)c34)cc2-c2cccc3cccc1c23. The maximum absolute atomic E-state index is 2.46. The third kappa shape index (κ3) is 3.32. The number of benzene rings is 9. The Morgan fingerprint density at radius 2 is 0.867 bits per heavy atom. The van der Waals surface area contributed by atoms with Crippen LogP contribution in [0.15, 0.2) is 146 Å². The summed E-state index contributed by atoms with van der Waals surface area (Å²) in [6.45, 7) is 4.75. The van der Waals surface area contributed by atoms with Crippen molar-refractivity contribution in [2.24, 2.45) is 0 Å². The molecule has 9 aromatic carbocycles. The zero-order chi connectivity index (χ0) is 29.9. The van der Waals surface area contributed by atoms with Gasteiger partial charge in [0.25, 0.3) is 0 Å². The van der Waals surface area contributed by atoms with E-state index in [-0.39, 0.29) is 5.41 Å². The van der Waals surface area contributed by atoms with Crippen molar-refractivity contribution < 1.29 is 0 Å². The van der Waals surface area contributed by atoms with E-state index < -0.39 is 0 Å². The van der Waals surface area contributed by atoms with E-state index in [0.29, 0.717) is 0 Å². The minimum absolute atomic E-state index is 0.0760. The molecule has 0 unspecified atom stereocenters. The Morgan fingerprint density at radius 3 is 1.60 bits per heavy atom. The molecule has 0 saturated heterocycles. The minimum atomic E-state index is -0.0760. The molecule has 0 saturated carbocycles. The maximum atomic E-state index is 2.46. The number of fused-ring (bicyclic) bond motifs is 3. The van der Waals surface area contributed by atoms with Crippen molar-refractivity contribution in [1.29, 1.82) is 0 Å². The maximum Gasteiger partial charge on any atom is 0.0159 e. The van der Waals surface area contributed by atoms with E-state index in [0.717, 1.165) is 0 Å². The van der Waals surface area contributed by atoms with Crippen LogP contribution in [0.4, 0.5) is 0 Å². The van der Waals surface area contributed by atoms with Crippen LogP contribution < -0.4 is 0 Å². The normalized spacial score (nSPS) is 13.7. The van der Waals surface area contributed by atoms with Crippen molar-refractivity contribution in [2.45, 2.75) is 19.3 Å². The molecule has 0 fully saturated rings. The lowest BCUT2D eigenvalue weighted by Gasteiger charge is -2.35. The molecular weight excluding hydrogens is 540 g/mol. The van der Waals surface area contributed by atoms with E-state index in [2.05, 4.69) is 159 Å². The summed E-state index contributed by atoms with van der Waals surface area (Å²) in [6.07, 6.45) is 0. The first-order valence-corrected chi connectivity index (χ1v) is 15.9. The van der Waals surface area contributed by atoms with Crippen LogP contribution in [0.1, 0.15) is 25.0 Å². The molecule has 0 atom stereocenters. The van der Waals surface area contributed by atoms with Gasteiger partial charge in [-0.3, -0.25) is 0 Å². The van der Waals surface area contributed by atoms with Crippen LogP contribution in [0.25, 0.3) is 87.2 Å². The molecule has 1 aliphatic rings. The molecule has 0 nitrogen and oxygen atoms in total. The Labute approximate surface area is 262 Å². The topological polar surface area (TPSA) is 0 Å². The zero-order valence-electron chi connectivity index (χ0n) is 25.4. The highest BCUT2D eigenvalue weighted by atomic mass is 14.4. The molecule has 45 heavy (non-hydrogen) atoms. The van der Waals surface area contributed by atoms with Gasteiger partial charge in [-0.1, -0.05) is 153 Å². The van der Waals surface area contributed by atoms with Crippen molar-refractivity contribution in [3.63, 3.8) is 0 Å². The van der Waals surface area contributed by atoms with Gasteiger partial charge < -0.3 is 0 Å². The zero-order valence-corrected chi connectivity index (χ0v) is 25.4. The third-order valence-corrected chi connectivity index (χ3v) is 10.6. The first-order valence-electron chi connectivity index (χ1n) is 15.9. The Balaban J connectivity index is 1.26. The van der Waals surface area contributed by atoms with Gasteiger partial charge in [0.05, 0.1) is 0 Å². The molecular formula is C45H30. The van der Waals surface area contributed by atoms with Gasteiger partial charge >= 0.3 is 0 Å². The summed E-state index contributed by atoms with van der Waals surface area (Å²) < 4.78 is 0. The molecule has 0 heteroatoms. The second-order valence-corrected chi connectivity index (χ2v) is 13.3. The molecule has 0 spiro atoms. The summed E-state index contributed by atoms with van der Waals surface area (Å²) in [4.78, 5) is 0. The highest BCUT2D eigenvalue weighted by Gasteiger charge is 2.33. The number of rotatable bonds is 2. The molecule has 210 valence electrons. The molecule has 9 aromatic rings. The van der Waals surface area contributed by atoms with Gasteiger partial charge in [0.1, 0.15) is 0 Å². The second-order valence-electron chi connectivity index (χ2n) is 13.3. The van der Waals surface area contributed by atoms with Crippen molar-refractivity contribution >= 4 is 53.9 Å². The monoisotopic (exact) mass is 570 g/mol. The molecule has 10 rings (SSSR count). The summed E-state index contributed by atoms with van der Waals surface area (Å²) >= 11 is 0. The van der Waals surface area contributed by atoms with Crippen molar-refractivity contribution in [2.75, 3.05) is 0 Å². The molecule has 0 aliphatic heterocycles. The molecule has 0 heterocycles. The average Bonchev–Trinajstić information content (AvgIpc) is 3.09. The predicted octanol–water partition coefficient (Wildman–Crippen LogP) is 12.5. The van der Waals surface area contributed by atoms with Gasteiger partial charge in [-0.2, -0.15) is 0 Å². The van der Waals surface area contributed by atoms with E-state index >= 15 is 0 Å². The van der Waals surface area contributed by atoms with E-state index in [1.54, 1.807) is 0 Å². The van der Waals surface area contributed by atoms with Gasteiger partial charge in [-0.05, 0) is 104 Å². The van der Waals surface area contributed by atoms with Gasteiger partial charge in [0.2, 0.25) is 0 Å². The summed E-state index contributed by atoms with van der Waals surface area (Å²) in [5, 5.41) is 13.2. The van der Waals surface area contributed by atoms with Crippen molar-refractivity contribution in [3.05, 3.63) is 157 Å². The summed E-state index contributed by atoms with van der Waals surface area (Å²) in [5.74, 6) is 0. The highest BCUT2D eigenvalue weighted by molar-refractivity contribution is 6.26. The largest absolute Gasteiger partial charge is 0.0613 e. The van der Waals surface area contributed by atoms with Gasteiger partial charge in [0.15, 0.2) is 0 Å². The quantitative estimate of drug-likeness (QED) is 0.181. The first kappa shape index (κ1) is 24.9. The van der Waals surface area contributed by atoms with Crippen LogP contribution in [-0.4, -0.2) is 0 Å². The number of hydrogen-bond donors (Lipinski definition) is 0. The van der Waals surface area contributed by atoms with Crippen LogP contribution in [-0.2, 0) is 5.41 Å². The van der Waals surface area contributed by atoms with Crippen LogP contribution in [0.2, 0.25) is 0 Å². The van der Waals surface area contributed by atoms with E-state index in [9.17, 15) is 0 Å². The van der Waals surface area contributed by atoms with Crippen molar-refractivity contribution in [3.8, 4) is 33.4 Å². The van der Waals surface area contributed by atoms with E-state index in [1.807, 2.05) is 0 Å². The Morgan fingerprint density at radius 1 is 0.333 bits per heavy atom. The highest BCUT2D eigenvalue weighted by Crippen LogP contribution is 2.50. The third-order valence-electron chi connectivity index (χ3n) is 10.6. The van der Waals surface area contributed by atoms with E-state index in [4.69, 9.17) is 0 Å². The standard InChI is InChI=1S/C45H30/c1-45(2)39-25-22-32(26-38(39)36-16-6-12-28-13-7-17-40(45)43(28)36)33-14-4-10-27-11-5-15-35(42(27)33)34-23-20-31-19-18-29-8-3-9-30-21-24-37(34)44(31)41(29)30/h3-26H,1-2H3. The molecule has 0 bridgehead atoms.